The Kier molecular flexibility index (Phi) is 4.47. The molecule has 1 saturated heterocycles. The SMILES string of the molecule is [2H][C@@]1(O)CN(C)CC[C@@H]1c1c(O)cc(O)c2c(=O)cc(-c3ccccc3Cl)oc12. The van der Waals surface area contributed by atoms with Crippen LogP contribution in [-0.2, 0) is 0 Å². The number of aromatic hydroxyl groups is 2. The molecule has 2 atom stereocenters. The molecule has 7 heteroatoms. The highest BCUT2D eigenvalue weighted by atomic mass is 35.5. The molecule has 0 aliphatic carbocycles. The van der Waals surface area contributed by atoms with E-state index in [9.17, 15) is 20.1 Å². The van der Waals surface area contributed by atoms with Gasteiger partial charge in [0.25, 0.3) is 0 Å². The van der Waals surface area contributed by atoms with E-state index in [-0.39, 0.29) is 34.6 Å². The lowest BCUT2D eigenvalue weighted by Crippen LogP contribution is -2.40. The van der Waals surface area contributed by atoms with E-state index in [1.165, 1.54) is 6.07 Å². The third-order valence-electron chi connectivity index (χ3n) is 5.12. The molecular weight excluding hydrogens is 382 g/mol. The molecule has 1 aliphatic heterocycles. The number of phenols is 2. The molecule has 0 amide bonds. The molecule has 28 heavy (non-hydrogen) atoms. The van der Waals surface area contributed by atoms with Gasteiger partial charge >= 0.3 is 0 Å². The van der Waals surface area contributed by atoms with Gasteiger partial charge in [-0.2, -0.15) is 0 Å². The van der Waals surface area contributed by atoms with Crippen molar-refractivity contribution >= 4 is 22.6 Å². The Bertz CT molecular complexity index is 1160. The van der Waals surface area contributed by atoms with Gasteiger partial charge in [0.05, 0.1) is 12.5 Å². The summed E-state index contributed by atoms with van der Waals surface area (Å²) < 4.78 is 14.3. The number of hydrogen-bond acceptors (Lipinski definition) is 6. The van der Waals surface area contributed by atoms with Crippen molar-refractivity contribution in [3.63, 3.8) is 0 Å². The number of hydrogen-bond donors (Lipinski definition) is 3. The second-order valence-corrected chi connectivity index (χ2v) is 7.46. The van der Waals surface area contributed by atoms with Gasteiger partial charge in [-0.3, -0.25) is 4.79 Å². The van der Waals surface area contributed by atoms with Gasteiger partial charge in [-0.05, 0) is 32.1 Å². The largest absolute Gasteiger partial charge is 0.507 e. The van der Waals surface area contributed by atoms with Crippen molar-refractivity contribution in [1.29, 1.82) is 0 Å². The van der Waals surface area contributed by atoms with Gasteiger partial charge in [0.1, 0.15) is 28.2 Å². The first kappa shape index (κ1) is 17.6. The minimum Gasteiger partial charge on any atom is -0.507 e. The highest BCUT2D eigenvalue weighted by molar-refractivity contribution is 6.33. The lowest BCUT2D eigenvalue weighted by molar-refractivity contribution is 0.0630. The second kappa shape index (κ2) is 7.13. The van der Waals surface area contributed by atoms with Gasteiger partial charge in [0.2, 0.25) is 0 Å². The van der Waals surface area contributed by atoms with E-state index in [1.54, 1.807) is 31.3 Å². The lowest BCUT2D eigenvalue weighted by atomic mass is 9.85. The number of phenolic OH excluding ortho intramolecular Hbond substituents is 2. The van der Waals surface area contributed by atoms with E-state index in [2.05, 4.69) is 0 Å². The van der Waals surface area contributed by atoms with Crippen LogP contribution in [0.4, 0.5) is 0 Å². The Morgan fingerprint density at radius 2 is 2.00 bits per heavy atom. The van der Waals surface area contributed by atoms with Crippen LogP contribution in [0, 0.1) is 0 Å². The number of likely N-dealkylation sites (tertiary alicyclic amines) is 1. The molecule has 4 rings (SSSR count). The summed E-state index contributed by atoms with van der Waals surface area (Å²) >= 11 is 6.24. The molecule has 1 aromatic heterocycles. The van der Waals surface area contributed by atoms with E-state index in [1.807, 2.05) is 4.90 Å². The van der Waals surface area contributed by atoms with Gasteiger partial charge in [0.15, 0.2) is 5.43 Å². The Labute approximate surface area is 167 Å². The Hall–Kier alpha value is -2.54. The van der Waals surface area contributed by atoms with E-state index in [0.717, 1.165) is 6.07 Å². The number of β-amino-alcohol motifs (C(OH)–C–C–N with tert-alkyl or cyclic N) is 1. The summed E-state index contributed by atoms with van der Waals surface area (Å²) in [6.07, 6.45) is -1.54. The summed E-state index contributed by atoms with van der Waals surface area (Å²) in [4.78, 5) is 14.6. The molecule has 1 aliphatic rings. The van der Waals surface area contributed by atoms with Gasteiger partial charge in [-0.15, -0.1) is 0 Å². The van der Waals surface area contributed by atoms with Crippen LogP contribution in [0.3, 0.4) is 0 Å². The molecule has 146 valence electrons. The van der Waals surface area contributed by atoms with Crippen LogP contribution < -0.4 is 5.43 Å². The summed E-state index contributed by atoms with van der Waals surface area (Å²) in [6, 6.07) is 9.11. The Morgan fingerprint density at radius 1 is 1.25 bits per heavy atom. The number of halogens is 1. The molecule has 1 fully saturated rings. The molecule has 3 aromatic rings. The fraction of sp³-hybridized carbons (Fsp3) is 0.286. The topological polar surface area (TPSA) is 94.1 Å². The van der Waals surface area contributed by atoms with Crippen molar-refractivity contribution in [1.82, 2.24) is 4.90 Å². The maximum atomic E-state index is 12.8. The molecule has 0 radical (unpaired) electrons. The van der Waals surface area contributed by atoms with Crippen LogP contribution in [0.1, 0.15) is 19.3 Å². The van der Waals surface area contributed by atoms with Crippen molar-refractivity contribution in [3.05, 3.63) is 57.2 Å². The maximum Gasteiger partial charge on any atom is 0.197 e. The fourth-order valence-corrected chi connectivity index (χ4v) is 3.97. The summed E-state index contributed by atoms with van der Waals surface area (Å²) in [6.45, 7) is 0.649. The quantitative estimate of drug-likeness (QED) is 0.609. The van der Waals surface area contributed by atoms with Gasteiger partial charge in [-0.25, -0.2) is 0 Å². The number of piperidine rings is 1. The van der Waals surface area contributed by atoms with Crippen molar-refractivity contribution in [2.45, 2.75) is 18.4 Å². The predicted octanol–water partition coefficient (Wildman–Crippen LogP) is 3.30. The number of benzene rings is 2. The summed E-state index contributed by atoms with van der Waals surface area (Å²) in [5.74, 6) is -1.41. The van der Waals surface area contributed by atoms with Gasteiger partial charge < -0.3 is 24.6 Å². The number of rotatable bonds is 2. The highest BCUT2D eigenvalue weighted by Crippen LogP contribution is 2.42. The molecule has 2 heterocycles. The predicted molar refractivity (Wildman–Crippen MR) is 107 cm³/mol. The molecular formula is C21H20ClNO5. The van der Waals surface area contributed by atoms with Crippen LogP contribution in [0.5, 0.6) is 11.5 Å². The zero-order valence-electron chi connectivity index (χ0n) is 16.1. The Balaban J connectivity index is 2.02. The zero-order valence-corrected chi connectivity index (χ0v) is 15.9. The van der Waals surface area contributed by atoms with E-state index < -0.39 is 23.2 Å². The number of fused-ring (bicyclic) bond motifs is 1. The first-order valence-electron chi connectivity index (χ1n) is 9.37. The first-order valence-corrected chi connectivity index (χ1v) is 9.25. The molecule has 3 N–H and O–H groups in total. The highest BCUT2D eigenvalue weighted by Gasteiger charge is 2.33. The maximum absolute atomic E-state index is 12.8. The van der Waals surface area contributed by atoms with Crippen molar-refractivity contribution < 1.29 is 21.1 Å². The van der Waals surface area contributed by atoms with Crippen LogP contribution >= 0.6 is 11.6 Å². The molecule has 0 saturated carbocycles. The molecule has 0 unspecified atom stereocenters. The minimum atomic E-state index is -1.91. The smallest absolute Gasteiger partial charge is 0.197 e. The van der Waals surface area contributed by atoms with Gasteiger partial charge in [-0.1, -0.05) is 23.7 Å². The summed E-state index contributed by atoms with van der Waals surface area (Å²) in [5, 5.41) is 31.9. The summed E-state index contributed by atoms with van der Waals surface area (Å²) in [7, 11) is 1.79. The standard InChI is InChI=1S/C21H20ClNO5/c1-23-7-6-12(17(27)10-23)19-14(24)8-15(25)20-16(26)9-18(28-21(19)20)11-4-2-3-5-13(11)22/h2-5,8-9,12,17,24-25,27H,6-7,10H2,1H3/t12-,17+/m0/s1/i17D. The number of aliphatic hydroxyl groups is 1. The van der Waals surface area contributed by atoms with Crippen LogP contribution in [0.15, 0.2) is 45.6 Å². The average molecular weight is 403 g/mol. The third kappa shape index (κ3) is 3.13. The van der Waals surface area contributed by atoms with Crippen LogP contribution in [0.25, 0.3) is 22.3 Å². The Morgan fingerprint density at radius 3 is 2.71 bits per heavy atom. The van der Waals surface area contributed by atoms with Gasteiger partial charge in [0, 0.05) is 35.7 Å². The molecule has 0 spiro atoms. The molecule has 2 aromatic carbocycles. The number of likely N-dealkylation sites (N-methyl/N-ethyl adjacent to an activating group) is 1. The van der Waals surface area contributed by atoms with Crippen LogP contribution in [-0.4, -0.2) is 46.4 Å². The molecule has 0 bridgehead atoms. The fourth-order valence-electron chi connectivity index (χ4n) is 3.74. The van der Waals surface area contributed by atoms with Crippen LogP contribution in [0.2, 0.25) is 5.02 Å². The number of nitrogens with zero attached hydrogens (tertiary/aromatic N) is 1. The zero-order chi connectivity index (χ0) is 20.9. The summed E-state index contributed by atoms with van der Waals surface area (Å²) in [5.41, 5.74) is 0.0485. The van der Waals surface area contributed by atoms with Crippen molar-refractivity contribution in [2.24, 2.45) is 0 Å². The molecule has 6 nitrogen and oxygen atoms in total. The van der Waals surface area contributed by atoms with E-state index in [0.29, 0.717) is 23.6 Å². The third-order valence-corrected chi connectivity index (χ3v) is 5.45. The van der Waals surface area contributed by atoms with E-state index in [4.69, 9.17) is 17.4 Å². The lowest BCUT2D eigenvalue weighted by Gasteiger charge is -2.34. The minimum absolute atomic E-state index is 0.0508. The van der Waals surface area contributed by atoms with Crippen molar-refractivity contribution in [3.8, 4) is 22.8 Å². The first-order chi connectivity index (χ1) is 13.7. The normalized spacial score (nSPS) is 23.7. The average Bonchev–Trinajstić information content (AvgIpc) is 2.62. The van der Waals surface area contributed by atoms with Crippen molar-refractivity contribution in [2.75, 3.05) is 20.1 Å². The monoisotopic (exact) mass is 402 g/mol. The van der Waals surface area contributed by atoms with E-state index >= 15 is 0 Å². The second-order valence-electron chi connectivity index (χ2n) is 7.06.